The molecule has 0 fully saturated rings. The van der Waals surface area contributed by atoms with E-state index >= 15 is 0 Å². The zero-order chi connectivity index (χ0) is 14.0. The van der Waals surface area contributed by atoms with Gasteiger partial charge in [0.25, 0.3) is 5.91 Å². The van der Waals surface area contributed by atoms with Crippen molar-refractivity contribution in [2.75, 3.05) is 5.32 Å². The zero-order valence-corrected chi connectivity index (χ0v) is 12.9. The molecule has 0 bridgehead atoms. The topological polar surface area (TPSA) is 46.9 Å². The first-order valence-corrected chi connectivity index (χ1v) is 6.96. The van der Waals surface area contributed by atoms with E-state index in [9.17, 15) is 4.79 Å². The molecule has 19 heavy (non-hydrogen) atoms. The molecule has 1 amide bonds. The molecule has 1 N–H and O–H groups in total. The van der Waals surface area contributed by atoms with Crippen LogP contribution < -0.4 is 5.32 Å². The molecule has 1 heterocycles. The molecule has 0 aliphatic rings. The van der Waals surface area contributed by atoms with E-state index in [0.29, 0.717) is 16.4 Å². The molecule has 0 saturated carbocycles. The summed E-state index contributed by atoms with van der Waals surface area (Å²) in [6.45, 7) is 3.99. The summed E-state index contributed by atoms with van der Waals surface area (Å²) in [6.07, 6.45) is 1.65. The maximum Gasteiger partial charge on any atom is 0.258 e. The van der Waals surface area contributed by atoms with Gasteiger partial charge in [-0.15, -0.1) is 0 Å². The smallest absolute Gasteiger partial charge is 0.258 e. The summed E-state index contributed by atoms with van der Waals surface area (Å²) in [5, 5.41) is 7.38. The van der Waals surface area contributed by atoms with Crippen LogP contribution in [0.15, 0.2) is 34.9 Å². The molecule has 1 aromatic carbocycles. The largest absolute Gasteiger partial charge is 0.307 e. The lowest BCUT2D eigenvalue weighted by atomic mass is 10.2. The van der Waals surface area contributed by atoms with Crippen molar-refractivity contribution in [1.82, 2.24) is 9.78 Å². The van der Waals surface area contributed by atoms with Crippen molar-refractivity contribution >= 4 is 39.3 Å². The molecule has 100 valence electrons. The van der Waals surface area contributed by atoms with Crippen molar-refractivity contribution in [2.24, 2.45) is 0 Å². The van der Waals surface area contributed by atoms with Crippen LogP contribution in [-0.2, 0) is 0 Å². The van der Waals surface area contributed by atoms with Crippen LogP contribution in [0.1, 0.15) is 30.2 Å². The normalized spacial score (nSPS) is 10.8. The van der Waals surface area contributed by atoms with E-state index in [2.05, 4.69) is 26.3 Å². The molecule has 0 aliphatic carbocycles. The second kappa shape index (κ2) is 5.75. The Hall–Kier alpha value is -1.33. The third kappa shape index (κ3) is 3.16. The minimum atomic E-state index is -0.250. The summed E-state index contributed by atoms with van der Waals surface area (Å²) in [5.74, 6) is 0.402. The molecule has 0 spiro atoms. The summed E-state index contributed by atoms with van der Waals surface area (Å²) < 4.78 is 2.58. The van der Waals surface area contributed by atoms with Crippen molar-refractivity contribution in [3.8, 4) is 0 Å². The fourth-order valence-corrected chi connectivity index (χ4v) is 2.44. The number of hydrogen-bond donors (Lipinski definition) is 1. The lowest BCUT2D eigenvalue weighted by molar-refractivity contribution is 0.102. The van der Waals surface area contributed by atoms with Crippen LogP contribution >= 0.6 is 27.5 Å². The summed E-state index contributed by atoms with van der Waals surface area (Å²) >= 11 is 9.36. The number of benzene rings is 1. The monoisotopic (exact) mass is 341 g/mol. The number of hydrogen-bond acceptors (Lipinski definition) is 2. The summed E-state index contributed by atoms with van der Waals surface area (Å²) in [7, 11) is 0. The minimum absolute atomic E-state index is 0.172. The fourth-order valence-electron chi connectivity index (χ4n) is 1.68. The number of rotatable bonds is 3. The van der Waals surface area contributed by atoms with Gasteiger partial charge in [0, 0.05) is 16.6 Å². The lowest BCUT2D eigenvalue weighted by Crippen LogP contribution is -2.17. The van der Waals surface area contributed by atoms with E-state index < -0.39 is 0 Å². The SMILES string of the molecule is CC(C)n1nccc1NC(=O)c1ccc(Br)cc1Cl. The first-order chi connectivity index (χ1) is 8.99. The maximum absolute atomic E-state index is 12.2. The van der Waals surface area contributed by atoms with Gasteiger partial charge in [-0.05, 0) is 32.0 Å². The highest BCUT2D eigenvalue weighted by atomic mass is 79.9. The second-order valence-electron chi connectivity index (χ2n) is 4.33. The highest BCUT2D eigenvalue weighted by molar-refractivity contribution is 9.10. The number of nitrogens with zero attached hydrogens (tertiary/aromatic N) is 2. The van der Waals surface area contributed by atoms with Crippen molar-refractivity contribution in [3.05, 3.63) is 45.5 Å². The molecule has 6 heteroatoms. The number of nitrogens with one attached hydrogen (secondary N) is 1. The standard InChI is InChI=1S/C13H13BrClN3O/c1-8(2)18-12(5-6-16-18)17-13(19)10-4-3-9(14)7-11(10)15/h3-8H,1-2H3,(H,17,19). The second-order valence-corrected chi connectivity index (χ2v) is 5.66. The number of aromatic nitrogens is 2. The van der Waals surface area contributed by atoms with E-state index in [-0.39, 0.29) is 11.9 Å². The van der Waals surface area contributed by atoms with Crippen molar-refractivity contribution in [1.29, 1.82) is 0 Å². The van der Waals surface area contributed by atoms with Crippen molar-refractivity contribution in [3.63, 3.8) is 0 Å². The van der Waals surface area contributed by atoms with Crippen LogP contribution in [0.2, 0.25) is 5.02 Å². The molecular formula is C13H13BrClN3O. The first-order valence-electron chi connectivity index (χ1n) is 5.79. The highest BCUT2D eigenvalue weighted by Gasteiger charge is 2.14. The van der Waals surface area contributed by atoms with E-state index in [1.165, 1.54) is 0 Å². The molecule has 0 unspecified atom stereocenters. The highest BCUT2D eigenvalue weighted by Crippen LogP contribution is 2.22. The van der Waals surface area contributed by atoms with Gasteiger partial charge in [-0.1, -0.05) is 27.5 Å². The van der Waals surface area contributed by atoms with Gasteiger partial charge in [0.1, 0.15) is 5.82 Å². The summed E-state index contributed by atoms with van der Waals surface area (Å²) in [4.78, 5) is 12.2. The molecule has 0 radical (unpaired) electrons. The van der Waals surface area contributed by atoms with Gasteiger partial charge in [-0.25, -0.2) is 4.68 Å². The molecule has 0 atom stereocenters. The van der Waals surface area contributed by atoms with Gasteiger partial charge >= 0.3 is 0 Å². The lowest BCUT2D eigenvalue weighted by Gasteiger charge is -2.12. The molecule has 4 nitrogen and oxygen atoms in total. The van der Waals surface area contributed by atoms with Crippen molar-refractivity contribution in [2.45, 2.75) is 19.9 Å². The quantitative estimate of drug-likeness (QED) is 0.911. The van der Waals surface area contributed by atoms with Crippen LogP contribution in [0.5, 0.6) is 0 Å². The Morgan fingerprint density at radius 1 is 1.42 bits per heavy atom. The molecule has 0 aliphatic heterocycles. The predicted molar refractivity (Wildman–Crippen MR) is 79.7 cm³/mol. The number of carbonyl (C=O) groups excluding carboxylic acids is 1. The Morgan fingerprint density at radius 2 is 2.16 bits per heavy atom. The van der Waals surface area contributed by atoms with Gasteiger partial charge < -0.3 is 5.32 Å². The Bertz CT molecular complexity index is 610. The third-order valence-corrected chi connectivity index (χ3v) is 3.38. The number of amides is 1. The summed E-state index contributed by atoms with van der Waals surface area (Å²) in [5.41, 5.74) is 0.432. The summed E-state index contributed by atoms with van der Waals surface area (Å²) in [6, 6.07) is 7.07. The number of halogens is 2. The van der Waals surface area contributed by atoms with Gasteiger partial charge in [0.05, 0.1) is 16.8 Å². The average Bonchev–Trinajstić information content (AvgIpc) is 2.76. The van der Waals surface area contributed by atoms with Gasteiger partial charge in [-0.3, -0.25) is 4.79 Å². The third-order valence-electron chi connectivity index (χ3n) is 2.58. The van der Waals surface area contributed by atoms with E-state index in [0.717, 1.165) is 4.47 Å². The molecule has 2 aromatic rings. The Kier molecular flexibility index (Phi) is 4.27. The van der Waals surface area contributed by atoms with Crippen LogP contribution in [0, 0.1) is 0 Å². The zero-order valence-electron chi connectivity index (χ0n) is 10.5. The average molecular weight is 343 g/mol. The van der Waals surface area contributed by atoms with E-state index in [1.807, 2.05) is 13.8 Å². The molecule has 0 saturated heterocycles. The van der Waals surface area contributed by atoms with Gasteiger partial charge in [-0.2, -0.15) is 5.10 Å². The van der Waals surface area contributed by atoms with E-state index in [1.54, 1.807) is 35.1 Å². The molecular weight excluding hydrogens is 330 g/mol. The Morgan fingerprint density at radius 3 is 2.79 bits per heavy atom. The predicted octanol–water partition coefficient (Wildman–Crippen LogP) is 4.13. The minimum Gasteiger partial charge on any atom is -0.307 e. The van der Waals surface area contributed by atoms with Crippen LogP contribution in [0.25, 0.3) is 0 Å². The van der Waals surface area contributed by atoms with Gasteiger partial charge in [0.15, 0.2) is 0 Å². The Balaban J connectivity index is 2.23. The molecule has 2 rings (SSSR count). The number of carbonyl (C=O) groups is 1. The fraction of sp³-hybridized carbons (Fsp3) is 0.231. The Labute approximate surface area is 124 Å². The van der Waals surface area contributed by atoms with Crippen LogP contribution in [0.3, 0.4) is 0 Å². The van der Waals surface area contributed by atoms with Crippen LogP contribution in [-0.4, -0.2) is 15.7 Å². The number of anilines is 1. The van der Waals surface area contributed by atoms with E-state index in [4.69, 9.17) is 11.6 Å². The van der Waals surface area contributed by atoms with Gasteiger partial charge in [0.2, 0.25) is 0 Å². The first kappa shape index (κ1) is 14.1. The maximum atomic E-state index is 12.2. The molecule has 1 aromatic heterocycles. The van der Waals surface area contributed by atoms with Crippen molar-refractivity contribution < 1.29 is 4.79 Å². The van der Waals surface area contributed by atoms with Crippen LogP contribution in [0.4, 0.5) is 5.82 Å².